The topological polar surface area (TPSA) is 124 Å². The van der Waals surface area contributed by atoms with Gasteiger partial charge < -0.3 is 20.6 Å². The summed E-state index contributed by atoms with van der Waals surface area (Å²) in [5.41, 5.74) is 0. The van der Waals surface area contributed by atoms with Gasteiger partial charge in [-0.2, -0.15) is 0 Å². The van der Waals surface area contributed by atoms with Crippen LogP contribution < -0.4 is 5.32 Å². The molecule has 0 radical (unpaired) electrons. The van der Waals surface area contributed by atoms with Crippen LogP contribution in [0.25, 0.3) is 0 Å². The number of carboxylic acids is 3. The molecule has 1 fully saturated rings. The van der Waals surface area contributed by atoms with Crippen molar-refractivity contribution in [2.45, 2.75) is 12.5 Å². The molecule has 84 valence electrons. The van der Waals surface area contributed by atoms with E-state index in [1.807, 2.05) is 0 Å². The second-order valence-electron chi connectivity index (χ2n) is 3.42. The van der Waals surface area contributed by atoms with E-state index in [0.29, 0.717) is 0 Å². The molecule has 4 N–H and O–H groups in total. The first-order chi connectivity index (χ1) is 6.93. The third-order valence-electron chi connectivity index (χ3n) is 2.49. The summed E-state index contributed by atoms with van der Waals surface area (Å²) >= 11 is 0. The molecule has 1 rings (SSSR count). The first-order valence-electron chi connectivity index (χ1n) is 4.35. The lowest BCUT2D eigenvalue weighted by molar-refractivity contribution is -0.157. The van der Waals surface area contributed by atoms with E-state index < -0.39 is 35.8 Å². The van der Waals surface area contributed by atoms with Gasteiger partial charge in [-0.25, -0.2) is 0 Å². The number of piperidine rings is 1. The average molecular weight is 217 g/mol. The normalized spacial score (nSPS) is 30.8. The van der Waals surface area contributed by atoms with Crippen molar-refractivity contribution >= 4 is 17.9 Å². The van der Waals surface area contributed by atoms with Gasteiger partial charge in [-0.1, -0.05) is 0 Å². The SMILES string of the molecule is O=C(O)[C@@H]1C[C@@H](C(=O)O)[C@H](C(=O)O)CN1. The zero-order chi connectivity index (χ0) is 11.6. The van der Waals surface area contributed by atoms with Crippen molar-refractivity contribution in [3.63, 3.8) is 0 Å². The maximum atomic E-state index is 10.8. The van der Waals surface area contributed by atoms with Crippen molar-refractivity contribution < 1.29 is 29.7 Å². The molecule has 0 spiro atoms. The van der Waals surface area contributed by atoms with Crippen LogP contribution in [0.15, 0.2) is 0 Å². The lowest BCUT2D eigenvalue weighted by Gasteiger charge is -2.30. The molecule has 0 aliphatic carbocycles. The van der Waals surface area contributed by atoms with E-state index in [9.17, 15) is 14.4 Å². The summed E-state index contributed by atoms with van der Waals surface area (Å²) in [5.74, 6) is -5.87. The van der Waals surface area contributed by atoms with E-state index in [-0.39, 0.29) is 13.0 Å². The van der Waals surface area contributed by atoms with Crippen LogP contribution in [0.1, 0.15) is 6.42 Å². The Morgan fingerprint density at radius 2 is 1.47 bits per heavy atom. The fourth-order valence-corrected chi connectivity index (χ4v) is 1.63. The van der Waals surface area contributed by atoms with Crippen LogP contribution in [-0.4, -0.2) is 45.8 Å². The molecule has 7 nitrogen and oxygen atoms in total. The largest absolute Gasteiger partial charge is 0.481 e. The molecule has 15 heavy (non-hydrogen) atoms. The number of aliphatic carboxylic acids is 3. The maximum absolute atomic E-state index is 10.8. The molecule has 0 amide bonds. The molecule has 1 heterocycles. The highest BCUT2D eigenvalue weighted by Gasteiger charge is 2.41. The van der Waals surface area contributed by atoms with Crippen LogP contribution in [-0.2, 0) is 14.4 Å². The minimum absolute atomic E-state index is 0.136. The number of hydrogen-bond acceptors (Lipinski definition) is 4. The van der Waals surface area contributed by atoms with Gasteiger partial charge in [0, 0.05) is 6.54 Å². The molecule has 3 atom stereocenters. The highest BCUT2D eigenvalue weighted by atomic mass is 16.4. The van der Waals surface area contributed by atoms with Crippen molar-refractivity contribution in [2.75, 3.05) is 6.54 Å². The highest BCUT2D eigenvalue weighted by molar-refractivity contribution is 5.82. The average Bonchev–Trinajstić information content (AvgIpc) is 2.16. The van der Waals surface area contributed by atoms with Crippen LogP contribution in [0.4, 0.5) is 0 Å². The van der Waals surface area contributed by atoms with Gasteiger partial charge in [-0.3, -0.25) is 14.4 Å². The quantitative estimate of drug-likeness (QED) is 0.469. The molecule has 0 aromatic carbocycles. The predicted molar refractivity (Wildman–Crippen MR) is 46.3 cm³/mol. The minimum Gasteiger partial charge on any atom is -0.481 e. The summed E-state index contributed by atoms with van der Waals surface area (Å²) < 4.78 is 0. The summed E-state index contributed by atoms with van der Waals surface area (Å²) in [6.45, 7) is -0.136. The molecular weight excluding hydrogens is 206 g/mol. The van der Waals surface area contributed by atoms with Crippen LogP contribution >= 0.6 is 0 Å². The Bertz CT molecular complexity index is 302. The van der Waals surface area contributed by atoms with Crippen LogP contribution in [0, 0.1) is 11.8 Å². The van der Waals surface area contributed by atoms with Gasteiger partial charge in [0.1, 0.15) is 6.04 Å². The monoisotopic (exact) mass is 217 g/mol. The lowest BCUT2D eigenvalue weighted by atomic mass is 9.83. The Kier molecular flexibility index (Phi) is 3.25. The molecule has 1 aliphatic heterocycles. The summed E-state index contributed by atoms with van der Waals surface area (Å²) in [6.07, 6.45) is -0.207. The Morgan fingerprint density at radius 1 is 0.933 bits per heavy atom. The van der Waals surface area contributed by atoms with Crippen molar-refractivity contribution in [1.29, 1.82) is 0 Å². The molecular formula is C8H11NO6. The number of nitrogens with one attached hydrogen (secondary N) is 1. The second kappa shape index (κ2) is 4.26. The first-order valence-corrected chi connectivity index (χ1v) is 4.35. The van der Waals surface area contributed by atoms with E-state index in [4.69, 9.17) is 15.3 Å². The Balaban J connectivity index is 2.78. The second-order valence-corrected chi connectivity index (χ2v) is 3.42. The fourth-order valence-electron chi connectivity index (χ4n) is 1.63. The van der Waals surface area contributed by atoms with Crippen LogP contribution in [0.3, 0.4) is 0 Å². The van der Waals surface area contributed by atoms with Crippen molar-refractivity contribution in [2.24, 2.45) is 11.8 Å². The molecule has 0 aromatic rings. The number of hydrogen-bond donors (Lipinski definition) is 4. The molecule has 0 bridgehead atoms. The highest BCUT2D eigenvalue weighted by Crippen LogP contribution is 2.23. The molecule has 0 saturated carbocycles. The standard InChI is InChI=1S/C8H11NO6/c10-6(11)3-1-5(8(14)15)9-2-4(3)7(12)13/h3-5,9H,1-2H2,(H,10,11)(H,12,13)(H,14,15)/t3-,4-,5+/m1/s1. The van der Waals surface area contributed by atoms with E-state index in [1.165, 1.54) is 0 Å². The zero-order valence-corrected chi connectivity index (χ0v) is 7.71. The number of carbonyl (C=O) groups is 3. The van der Waals surface area contributed by atoms with Crippen molar-refractivity contribution in [3.05, 3.63) is 0 Å². The van der Waals surface area contributed by atoms with E-state index in [1.54, 1.807) is 0 Å². The molecule has 1 saturated heterocycles. The van der Waals surface area contributed by atoms with Gasteiger partial charge in [0.15, 0.2) is 0 Å². The summed E-state index contributed by atoms with van der Waals surface area (Å²) in [7, 11) is 0. The first kappa shape index (κ1) is 11.4. The Morgan fingerprint density at radius 3 is 1.87 bits per heavy atom. The third kappa shape index (κ3) is 2.44. The van der Waals surface area contributed by atoms with Crippen molar-refractivity contribution in [3.8, 4) is 0 Å². The Labute approximate surface area is 84.7 Å². The summed E-state index contributed by atoms with van der Waals surface area (Å²) in [5, 5.41) is 28.7. The number of carboxylic acid groups (broad SMARTS) is 3. The van der Waals surface area contributed by atoms with Gasteiger partial charge in [0.2, 0.25) is 0 Å². The number of rotatable bonds is 3. The molecule has 1 aliphatic rings. The van der Waals surface area contributed by atoms with E-state index in [0.717, 1.165) is 0 Å². The predicted octanol–water partition coefficient (Wildman–Crippen LogP) is -1.17. The van der Waals surface area contributed by atoms with Gasteiger partial charge >= 0.3 is 17.9 Å². The van der Waals surface area contributed by atoms with Crippen LogP contribution in [0.2, 0.25) is 0 Å². The van der Waals surface area contributed by atoms with E-state index >= 15 is 0 Å². The molecule has 0 unspecified atom stereocenters. The van der Waals surface area contributed by atoms with E-state index in [2.05, 4.69) is 5.32 Å². The third-order valence-corrected chi connectivity index (χ3v) is 2.49. The molecule has 7 heteroatoms. The van der Waals surface area contributed by atoms with Crippen LogP contribution in [0.5, 0.6) is 0 Å². The zero-order valence-electron chi connectivity index (χ0n) is 7.71. The van der Waals surface area contributed by atoms with Gasteiger partial charge in [-0.05, 0) is 6.42 Å². The van der Waals surface area contributed by atoms with Gasteiger partial charge in [0.25, 0.3) is 0 Å². The summed E-state index contributed by atoms with van der Waals surface area (Å²) in [6, 6.07) is -0.985. The van der Waals surface area contributed by atoms with Gasteiger partial charge in [-0.15, -0.1) is 0 Å². The fraction of sp³-hybridized carbons (Fsp3) is 0.625. The lowest BCUT2D eigenvalue weighted by Crippen LogP contribution is -2.52. The molecule has 0 aromatic heterocycles. The smallest absolute Gasteiger partial charge is 0.320 e. The Hall–Kier alpha value is -1.63. The summed E-state index contributed by atoms with van der Waals surface area (Å²) in [4.78, 5) is 32.0. The minimum atomic E-state index is -1.27. The maximum Gasteiger partial charge on any atom is 0.320 e. The van der Waals surface area contributed by atoms with Crippen molar-refractivity contribution in [1.82, 2.24) is 5.32 Å². The van der Waals surface area contributed by atoms with Gasteiger partial charge in [0.05, 0.1) is 11.8 Å².